The summed E-state index contributed by atoms with van der Waals surface area (Å²) in [4.78, 5) is 5.20. The molecule has 0 radical (unpaired) electrons. The average molecular weight is 272 g/mol. The molecule has 1 fully saturated rings. The van der Waals surface area contributed by atoms with Crippen molar-refractivity contribution in [3.63, 3.8) is 0 Å². The monoisotopic (exact) mass is 272 g/mol. The van der Waals surface area contributed by atoms with Crippen LogP contribution in [-0.2, 0) is 6.54 Å². The quantitative estimate of drug-likeness (QED) is 0.748. The molecule has 0 aliphatic carbocycles. The van der Waals surface area contributed by atoms with Crippen LogP contribution in [0.4, 0.5) is 0 Å². The molecule has 0 unspecified atom stereocenters. The van der Waals surface area contributed by atoms with E-state index in [4.69, 9.17) is 0 Å². The number of hydrogen-bond acceptors (Lipinski definition) is 2. The van der Waals surface area contributed by atoms with Crippen molar-refractivity contribution in [2.75, 3.05) is 26.2 Å². The van der Waals surface area contributed by atoms with E-state index in [1.165, 1.54) is 37.1 Å². The standard InChI is InChI=1S/C18H28N2/c1-4-16-10-7-8-11-17(16)14-20-13-9-12-18(20)15-19(5-2)6-3/h4,7-8,10-11,18H,1,5-6,9,12-15H2,2-3H3/t18-/m0/s1. The Kier molecular flexibility index (Phi) is 5.81. The maximum absolute atomic E-state index is 3.93. The zero-order valence-corrected chi connectivity index (χ0v) is 13.0. The predicted octanol–water partition coefficient (Wildman–Crippen LogP) is 3.64. The summed E-state index contributed by atoms with van der Waals surface area (Å²) in [5.74, 6) is 0. The number of likely N-dealkylation sites (tertiary alicyclic amines) is 1. The van der Waals surface area contributed by atoms with Crippen LogP contribution in [0.2, 0.25) is 0 Å². The maximum Gasteiger partial charge on any atom is 0.0243 e. The second kappa shape index (κ2) is 7.61. The SMILES string of the molecule is C=Cc1ccccc1CN1CCC[C@H]1CN(CC)CC. The summed E-state index contributed by atoms with van der Waals surface area (Å²) in [7, 11) is 0. The van der Waals surface area contributed by atoms with Gasteiger partial charge in [0.25, 0.3) is 0 Å². The van der Waals surface area contributed by atoms with Gasteiger partial charge in [-0.1, -0.05) is 50.8 Å². The molecule has 0 bridgehead atoms. The van der Waals surface area contributed by atoms with Crippen LogP contribution in [0.15, 0.2) is 30.8 Å². The molecule has 1 atom stereocenters. The Hall–Kier alpha value is -1.12. The Morgan fingerprint density at radius 2 is 2.05 bits per heavy atom. The molecule has 1 aromatic carbocycles. The molecule has 0 aromatic heterocycles. The first-order valence-corrected chi connectivity index (χ1v) is 7.95. The van der Waals surface area contributed by atoms with Crippen molar-refractivity contribution in [1.82, 2.24) is 9.80 Å². The summed E-state index contributed by atoms with van der Waals surface area (Å²) in [6.45, 7) is 14.3. The van der Waals surface area contributed by atoms with E-state index in [2.05, 4.69) is 54.5 Å². The molecule has 1 aliphatic rings. The zero-order chi connectivity index (χ0) is 14.4. The summed E-state index contributed by atoms with van der Waals surface area (Å²) in [5.41, 5.74) is 2.69. The van der Waals surface area contributed by atoms with E-state index in [-0.39, 0.29) is 0 Å². The molecule has 2 nitrogen and oxygen atoms in total. The van der Waals surface area contributed by atoms with Crippen LogP contribution in [0.25, 0.3) is 6.08 Å². The number of nitrogens with zero attached hydrogens (tertiary/aromatic N) is 2. The Balaban J connectivity index is 2.02. The highest BCUT2D eigenvalue weighted by Gasteiger charge is 2.25. The number of likely N-dealkylation sites (N-methyl/N-ethyl adjacent to an activating group) is 1. The molecule has 2 rings (SSSR count). The minimum atomic E-state index is 0.716. The van der Waals surface area contributed by atoms with Gasteiger partial charge in [0.1, 0.15) is 0 Å². The zero-order valence-electron chi connectivity index (χ0n) is 13.0. The van der Waals surface area contributed by atoms with Crippen molar-refractivity contribution in [1.29, 1.82) is 0 Å². The first kappa shape index (κ1) is 15.3. The lowest BCUT2D eigenvalue weighted by Gasteiger charge is -2.30. The van der Waals surface area contributed by atoms with Crippen molar-refractivity contribution in [3.05, 3.63) is 42.0 Å². The molecule has 1 saturated heterocycles. The van der Waals surface area contributed by atoms with Gasteiger partial charge < -0.3 is 4.90 Å². The molecular weight excluding hydrogens is 244 g/mol. The van der Waals surface area contributed by atoms with Crippen molar-refractivity contribution in [2.24, 2.45) is 0 Å². The van der Waals surface area contributed by atoms with E-state index < -0.39 is 0 Å². The average Bonchev–Trinajstić information content (AvgIpc) is 2.92. The minimum Gasteiger partial charge on any atom is -0.302 e. The fourth-order valence-electron chi connectivity index (χ4n) is 3.19. The fraction of sp³-hybridized carbons (Fsp3) is 0.556. The molecule has 1 heterocycles. The predicted molar refractivity (Wildman–Crippen MR) is 87.8 cm³/mol. The molecule has 0 spiro atoms. The lowest BCUT2D eigenvalue weighted by atomic mass is 10.1. The molecule has 1 aromatic rings. The fourth-order valence-corrected chi connectivity index (χ4v) is 3.19. The van der Waals surface area contributed by atoms with Crippen LogP contribution in [0.5, 0.6) is 0 Å². The summed E-state index contributed by atoms with van der Waals surface area (Å²) < 4.78 is 0. The normalized spacial score (nSPS) is 19.6. The second-order valence-electron chi connectivity index (χ2n) is 5.66. The summed E-state index contributed by atoms with van der Waals surface area (Å²) in [6.07, 6.45) is 4.65. The Labute approximate surface area is 124 Å². The van der Waals surface area contributed by atoms with Crippen LogP contribution >= 0.6 is 0 Å². The van der Waals surface area contributed by atoms with Crippen LogP contribution in [0.1, 0.15) is 37.8 Å². The lowest BCUT2D eigenvalue weighted by molar-refractivity contribution is 0.175. The molecule has 20 heavy (non-hydrogen) atoms. The van der Waals surface area contributed by atoms with E-state index >= 15 is 0 Å². The van der Waals surface area contributed by atoms with Gasteiger partial charge in [0, 0.05) is 19.1 Å². The molecule has 0 saturated carbocycles. The van der Waals surface area contributed by atoms with Crippen LogP contribution in [-0.4, -0.2) is 42.0 Å². The Morgan fingerprint density at radius 1 is 1.30 bits per heavy atom. The third-order valence-corrected chi connectivity index (χ3v) is 4.51. The van der Waals surface area contributed by atoms with Crippen molar-refractivity contribution in [3.8, 4) is 0 Å². The highest BCUT2D eigenvalue weighted by atomic mass is 15.2. The van der Waals surface area contributed by atoms with Gasteiger partial charge in [-0.15, -0.1) is 0 Å². The number of benzene rings is 1. The largest absolute Gasteiger partial charge is 0.302 e. The first-order chi connectivity index (χ1) is 9.78. The summed E-state index contributed by atoms with van der Waals surface area (Å²) in [6, 6.07) is 9.35. The molecule has 110 valence electrons. The van der Waals surface area contributed by atoms with Gasteiger partial charge in [-0.3, -0.25) is 4.90 Å². The highest BCUT2D eigenvalue weighted by molar-refractivity contribution is 5.51. The lowest BCUT2D eigenvalue weighted by Crippen LogP contribution is -2.40. The van der Waals surface area contributed by atoms with Crippen molar-refractivity contribution >= 4 is 6.08 Å². The van der Waals surface area contributed by atoms with Gasteiger partial charge >= 0.3 is 0 Å². The molecule has 0 N–H and O–H groups in total. The smallest absolute Gasteiger partial charge is 0.0243 e. The van der Waals surface area contributed by atoms with E-state index in [1.54, 1.807) is 0 Å². The topological polar surface area (TPSA) is 6.48 Å². The molecular formula is C18H28N2. The van der Waals surface area contributed by atoms with Crippen molar-refractivity contribution in [2.45, 2.75) is 39.3 Å². The van der Waals surface area contributed by atoms with Gasteiger partial charge in [-0.05, 0) is 43.6 Å². The minimum absolute atomic E-state index is 0.716. The maximum atomic E-state index is 3.93. The van der Waals surface area contributed by atoms with Crippen LogP contribution in [0.3, 0.4) is 0 Å². The van der Waals surface area contributed by atoms with E-state index in [0.29, 0.717) is 6.04 Å². The van der Waals surface area contributed by atoms with Gasteiger partial charge in [-0.25, -0.2) is 0 Å². The number of rotatable bonds is 7. The molecule has 1 aliphatic heterocycles. The summed E-state index contributed by atoms with van der Waals surface area (Å²) >= 11 is 0. The third kappa shape index (κ3) is 3.71. The van der Waals surface area contributed by atoms with Crippen LogP contribution < -0.4 is 0 Å². The number of hydrogen-bond donors (Lipinski definition) is 0. The van der Waals surface area contributed by atoms with E-state index in [1.807, 2.05) is 6.08 Å². The Bertz CT molecular complexity index is 423. The van der Waals surface area contributed by atoms with E-state index in [0.717, 1.165) is 19.6 Å². The van der Waals surface area contributed by atoms with Gasteiger partial charge in [0.15, 0.2) is 0 Å². The van der Waals surface area contributed by atoms with E-state index in [9.17, 15) is 0 Å². The third-order valence-electron chi connectivity index (χ3n) is 4.51. The summed E-state index contributed by atoms with van der Waals surface area (Å²) in [5, 5.41) is 0. The van der Waals surface area contributed by atoms with Crippen molar-refractivity contribution < 1.29 is 0 Å². The first-order valence-electron chi connectivity index (χ1n) is 7.95. The molecule has 0 amide bonds. The second-order valence-corrected chi connectivity index (χ2v) is 5.66. The molecule has 2 heteroatoms. The van der Waals surface area contributed by atoms with Gasteiger partial charge in [0.05, 0.1) is 0 Å². The Morgan fingerprint density at radius 3 is 2.75 bits per heavy atom. The van der Waals surface area contributed by atoms with Gasteiger partial charge in [-0.2, -0.15) is 0 Å². The van der Waals surface area contributed by atoms with Gasteiger partial charge in [0.2, 0.25) is 0 Å². The van der Waals surface area contributed by atoms with Crippen LogP contribution in [0, 0.1) is 0 Å². The highest BCUT2D eigenvalue weighted by Crippen LogP contribution is 2.22.